The number of carbonyl (C=O) groups is 1. The highest BCUT2D eigenvalue weighted by molar-refractivity contribution is 7.90. The van der Waals surface area contributed by atoms with Crippen molar-refractivity contribution < 1.29 is 13.2 Å². The Bertz CT molecular complexity index is 382. The van der Waals surface area contributed by atoms with Crippen molar-refractivity contribution in [2.24, 2.45) is 11.7 Å². The number of carbonyl (C=O) groups excluding carboxylic acids is 1. The maximum absolute atomic E-state index is 12.0. The third kappa shape index (κ3) is 4.38. The Kier molecular flexibility index (Phi) is 6.56. The van der Waals surface area contributed by atoms with Crippen LogP contribution in [0.4, 0.5) is 0 Å². The fourth-order valence-corrected chi connectivity index (χ4v) is 3.04. The third-order valence-electron chi connectivity index (χ3n) is 3.01. The topological polar surface area (TPSA) is 92.5 Å². The molecule has 2 unspecified atom stereocenters. The maximum atomic E-state index is 12.0. The lowest BCUT2D eigenvalue weighted by Crippen LogP contribution is -2.49. The number of amides is 1. The van der Waals surface area contributed by atoms with Gasteiger partial charge in [-0.2, -0.15) is 0 Å². The summed E-state index contributed by atoms with van der Waals surface area (Å²) in [6, 6.07) is -0.239. The average molecular weight is 300 g/mol. The standard InChI is InChI=1S/C10H21N3O3S.ClH/c1-7(10(14)13(2)3)17(15,16)12-9(6-11)8-4-5-8;/h7-9,12H,4-6,11H2,1-3H3;1H. The van der Waals surface area contributed by atoms with Crippen molar-refractivity contribution in [2.75, 3.05) is 20.6 Å². The van der Waals surface area contributed by atoms with Crippen molar-refractivity contribution >= 4 is 28.3 Å². The van der Waals surface area contributed by atoms with Crippen LogP contribution < -0.4 is 10.5 Å². The van der Waals surface area contributed by atoms with Crippen molar-refractivity contribution in [1.29, 1.82) is 0 Å². The molecule has 0 saturated heterocycles. The normalized spacial score (nSPS) is 18.7. The van der Waals surface area contributed by atoms with Crippen LogP contribution in [0.5, 0.6) is 0 Å². The lowest BCUT2D eigenvalue weighted by Gasteiger charge is -2.21. The van der Waals surface area contributed by atoms with Crippen LogP contribution in [0.25, 0.3) is 0 Å². The number of sulfonamides is 1. The van der Waals surface area contributed by atoms with Crippen molar-refractivity contribution in [3.8, 4) is 0 Å². The molecule has 1 rings (SSSR count). The molecule has 0 aromatic rings. The second kappa shape index (κ2) is 6.70. The molecule has 0 aromatic heterocycles. The minimum atomic E-state index is -3.64. The number of nitrogens with two attached hydrogens (primary N) is 1. The Morgan fingerprint density at radius 1 is 1.44 bits per heavy atom. The lowest BCUT2D eigenvalue weighted by molar-refractivity contribution is -0.127. The van der Waals surface area contributed by atoms with Crippen molar-refractivity contribution in [1.82, 2.24) is 9.62 Å². The van der Waals surface area contributed by atoms with Gasteiger partial charge in [-0.1, -0.05) is 0 Å². The van der Waals surface area contributed by atoms with Crippen molar-refractivity contribution in [3.63, 3.8) is 0 Å². The molecule has 6 nitrogen and oxygen atoms in total. The van der Waals surface area contributed by atoms with Gasteiger partial charge < -0.3 is 10.6 Å². The van der Waals surface area contributed by atoms with Gasteiger partial charge in [0.05, 0.1) is 0 Å². The molecule has 0 spiro atoms. The van der Waals surface area contributed by atoms with E-state index >= 15 is 0 Å². The Labute approximate surface area is 115 Å². The van der Waals surface area contributed by atoms with E-state index in [1.807, 2.05) is 0 Å². The molecule has 108 valence electrons. The van der Waals surface area contributed by atoms with Crippen LogP contribution in [0.3, 0.4) is 0 Å². The monoisotopic (exact) mass is 299 g/mol. The van der Waals surface area contributed by atoms with E-state index in [9.17, 15) is 13.2 Å². The molecule has 0 aromatic carbocycles. The number of hydrogen-bond donors (Lipinski definition) is 2. The van der Waals surface area contributed by atoms with Crippen molar-refractivity contribution in [2.45, 2.75) is 31.1 Å². The van der Waals surface area contributed by atoms with Crippen LogP contribution in [0, 0.1) is 5.92 Å². The molecule has 0 radical (unpaired) electrons. The molecular weight excluding hydrogens is 278 g/mol. The van der Waals surface area contributed by atoms with Gasteiger partial charge in [-0.15, -0.1) is 12.4 Å². The zero-order chi connectivity index (χ0) is 13.2. The summed E-state index contributed by atoms with van der Waals surface area (Å²) in [5.41, 5.74) is 5.53. The molecule has 1 saturated carbocycles. The molecular formula is C10H22ClN3O3S. The van der Waals surface area contributed by atoms with Crippen LogP contribution in [0.2, 0.25) is 0 Å². The molecule has 1 amide bonds. The summed E-state index contributed by atoms with van der Waals surface area (Å²) in [7, 11) is -0.567. The Hall–Kier alpha value is -0.370. The third-order valence-corrected chi connectivity index (χ3v) is 4.78. The first-order valence-electron chi connectivity index (χ1n) is 5.72. The number of nitrogens with one attached hydrogen (secondary N) is 1. The zero-order valence-electron chi connectivity index (χ0n) is 10.9. The maximum Gasteiger partial charge on any atom is 0.241 e. The van der Waals surface area contributed by atoms with Crippen LogP contribution in [-0.4, -0.2) is 51.2 Å². The van der Waals surface area contributed by atoms with Crippen LogP contribution in [0.15, 0.2) is 0 Å². The van der Waals surface area contributed by atoms with E-state index in [-0.39, 0.29) is 25.0 Å². The second-order valence-corrected chi connectivity index (χ2v) is 6.75. The smallest absolute Gasteiger partial charge is 0.241 e. The first-order valence-corrected chi connectivity index (χ1v) is 7.26. The Morgan fingerprint density at radius 2 is 1.94 bits per heavy atom. The minimum absolute atomic E-state index is 0. The first kappa shape index (κ1) is 17.6. The van der Waals surface area contributed by atoms with Gasteiger partial charge in [-0.25, -0.2) is 13.1 Å². The quantitative estimate of drug-likeness (QED) is 0.694. The van der Waals surface area contributed by atoms with Gasteiger partial charge in [0.1, 0.15) is 0 Å². The van der Waals surface area contributed by atoms with E-state index in [1.165, 1.54) is 25.9 Å². The summed E-state index contributed by atoms with van der Waals surface area (Å²) < 4.78 is 26.5. The van der Waals surface area contributed by atoms with E-state index < -0.39 is 21.2 Å². The zero-order valence-corrected chi connectivity index (χ0v) is 12.6. The van der Waals surface area contributed by atoms with Gasteiger partial charge in [0.15, 0.2) is 5.25 Å². The van der Waals surface area contributed by atoms with Gasteiger partial charge >= 0.3 is 0 Å². The Balaban J connectivity index is 0.00000289. The fraction of sp³-hybridized carbons (Fsp3) is 0.900. The number of rotatable bonds is 6. The van der Waals surface area contributed by atoms with Gasteiger partial charge in [0, 0.05) is 26.7 Å². The number of nitrogens with zero attached hydrogens (tertiary/aromatic N) is 1. The predicted molar refractivity (Wildman–Crippen MR) is 73.0 cm³/mol. The highest BCUT2D eigenvalue weighted by Crippen LogP contribution is 2.32. The molecule has 1 aliphatic rings. The van der Waals surface area contributed by atoms with Crippen molar-refractivity contribution in [3.05, 3.63) is 0 Å². The highest BCUT2D eigenvalue weighted by Gasteiger charge is 2.36. The van der Waals surface area contributed by atoms with E-state index in [0.717, 1.165) is 12.8 Å². The molecule has 0 bridgehead atoms. The average Bonchev–Trinajstić information content (AvgIpc) is 3.07. The second-order valence-electron chi connectivity index (χ2n) is 4.72. The summed E-state index contributed by atoms with van der Waals surface area (Å²) in [4.78, 5) is 12.9. The van der Waals surface area contributed by atoms with E-state index in [0.29, 0.717) is 5.92 Å². The molecule has 0 heterocycles. The molecule has 2 atom stereocenters. The van der Waals surface area contributed by atoms with Crippen LogP contribution in [-0.2, 0) is 14.8 Å². The van der Waals surface area contributed by atoms with E-state index in [2.05, 4.69) is 4.72 Å². The van der Waals surface area contributed by atoms with Gasteiger partial charge in [0.25, 0.3) is 0 Å². The SMILES string of the molecule is CC(C(=O)N(C)C)S(=O)(=O)NC(CN)C1CC1.Cl. The molecule has 1 fully saturated rings. The molecule has 0 aliphatic heterocycles. The summed E-state index contributed by atoms with van der Waals surface area (Å²) in [5.74, 6) is -0.0968. The highest BCUT2D eigenvalue weighted by atomic mass is 35.5. The van der Waals surface area contributed by atoms with E-state index in [1.54, 1.807) is 0 Å². The molecule has 8 heteroatoms. The fourth-order valence-electron chi connectivity index (χ4n) is 1.64. The first-order chi connectivity index (χ1) is 7.79. The van der Waals surface area contributed by atoms with E-state index in [4.69, 9.17) is 5.73 Å². The lowest BCUT2D eigenvalue weighted by atomic mass is 10.2. The largest absolute Gasteiger partial charge is 0.348 e. The van der Waals surface area contributed by atoms with Gasteiger partial charge in [-0.3, -0.25) is 4.79 Å². The predicted octanol–water partition coefficient (Wildman–Crippen LogP) is -0.458. The molecule has 3 N–H and O–H groups in total. The van der Waals surface area contributed by atoms with Gasteiger partial charge in [0.2, 0.25) is 15.9 Å². The summed E-state index contributed by atoms with van der Waals surface area (Å²) in [6.45, 7) is 1.66. The van der Waals surface area contributed by atoms with Gasteiger partial charge in [-0.05, 0) is 25.7 Å². The number of hydrogen-bond acceptors (Lipinski definition) is 4. The summed E-state index contributed by atoms with van der Waals surface area (Å²) >= 11 is 0. The summed E-state index contributed by atoms with van der Waals surface area (Å²) in [5, 5.41) is -1.08. The Morgan fingerprint density at radius 3 is 2.28 bits per heavy atom. The molecule has 1 aliphatic carbocycles. The number of halogens is 1. The summed E-state index contributed by atoms with van der Waals surface area (Å²) in [6.07, 6.45) is 2.00. The molecule has 18 heavy (non-hydrogen) atoms. The minimum Gasteiger partial charge on any atom is -0.348 e. The van der Waals surface area contributed by atoms with Crippen LogP contribution in [0.1, 0.15) is 19.8 Å². The van der Waals surface area contributed by atoms with Crippen LogP contribution >= 0.6 is 12.4 Å².